The highest BCUT2D eigenvalue weighted by Crippen LogP contribution is 2.34. The van der Waals surface area contributed by atoms with Gasteiger partial charge in [-0.15, -0.1) is 4.91 Å². The predicted molar refractivity (Wildman–Crippen MR) is 72.7 cm³/mol. The second-order valence-electron chi connectivity index (χ2n) is 4.57. The van der Waals surface area contributed by atoms with E-state index >= 15 is 0 Å². The quantitative estimate of drug-likeness (QED) is 0.521. The lowest BCUT2D eigenvalue weighted by atomic mass is 9.99. The maximum absolute atomic E-state index is 13.2. The Bertz CT molecular complexity index is 713. The highest BCUT2D eigenvalue weighted by atomic mass is 19.4. The Morgan fingerprint density at radius 1 is 1.39 bits per heavy atom. The van der Waals surface area contributed by atoms with Crippen molar-refractivity contribution in [1.82, 2.24) is 4.98 Å². The van der Waals surface area contributed by atoms with Crippen molar-refractivity contribution in [3.05, 3.63) is 52.8 Å². The van der Waals surface area contributed by atoms with Gasteiger partial charge in [0.25, 0.3) is 5.82 Å². The van der Waals surface area contributed by atoms with Crippen LogP contribution in [0.25, 0.3) is 0 Å². The lowest BCUT2D eigenvalue weighted by molar-refractivity contribution is -0.700. The number of rotatable bonds is 5. The molecule has 2 aromatic rings. The Hall–Kier alpha value is -2.71. The molecule has 0 amide bonds. The van der Waals surface area contributed by atoms with Crippen LogP contribution in [0.2, 0.25) is 0 Å². The molecule has 122 valence electrons. The van der Waals surface area contributed by atoms with E-state index in [-0.39, 0.29) is 18.0 Å². The summed E-state index contributed by atoms with van der Waals surface area (Å²) < 4.78 is 45.6. The number of carbonyl (C=O) groups is 1. The molecule has 1 N–H and O–H groups in total. The molecule has 2 rings (SSSR count). The number of H-pyrrole nitrogens is 1. The van der Waals surface area contributed by atoms with Gasteiger partial charge in [-0.3, -0.25) is 0 Å². The maximum atomic E-state index is 13.2. The topological polar surface area (TPSA) is 75.4 Å². The van der Waals surface area contributed by atoms with Crippen molar-refractivity contribution in [1.29, 1.82) is 0 Å². The molecule has 1 aromatic carbocycles. The van der Waals surface area contributed by atoms with E-state index in [1.165, 1.54) is 24.5 Å². The number of hydrogen-bond donors (Lipinski definition) is 1. The fourth-order valence-corrected chi connectivity index (χ4v) is 2.18. The van der Waals surface area contributed by atoms with Gasteiger partial charge in [0.05, 0.1) is 12.2 Å². The van der Waals surface area contributed by atoms with Crippen molar-refractivity contribution in [2.45, 2.75) is 19.1 Å². The highest BCUT2D eigenvalue weighted by molar-refractivity contribution is 5.76. The normalized spacial score (nSPS) is 12.7. The molecule has 1 unspecified atom stereocenters. The SMILES string of the molecule is CCOC(=O)C(c1ccccc1C(F)(F)F)[n+]1c[nH]c(N=O)c1. The first-order valence-corrected chi connectivity index (χ1v) is 6.63. The molecule has 0 bridgehead atoms. The first-order chi connectivity index (χ1) is 10.9. The Labute approximate surface area is 128 Å². The van der Waals surface area contributed by atoms with Crippen LogP contribution < -0.4 is 4.57 Å². The number of ether oxygens (including phenoxy) is 1. The maximum Gasteiger partial charge on any atom is 0.416 e. The van der Waals surface area contributed by atoms with Crippen LogP contribution in [0.1, 0.15) is 24.1 Å². The number of imidazole rings is 1. The molecule has 23 heavy (non-hydrogen) atoms. The minimum Gasteiger partial charge on any atom is -0.463 e. The van der Waals surface area contributed by atoms with Gasteiger partial charge >= 0.3 is 12.1 Å². The van der Waals surface area contributed by atoms with Crippen molar-refractivity contribution in [2.75, 3.05) is 6.61 Å². The average Bonchev–Trinajstić information content (AvgIpc) is 2.96. The van der Waals surface area contributed by atoms with Crippen molar-refractivity contribution in [3.63, 3.8) is 0 Å². The van der Waals surface area contributed by atoms with Crippen LogP contribution in [-0.2, 0) is 15.7 Å². The van der Waals surface area contributed by atoms with E-state index in [0.717, 1.165) is 16.8 Å². The number of carbonyl (C=O) groups excluding carboxylic acids is 1. The number of benzene rings is 1. The zero-order chi connectivity index (χ0) is 17.0. The monoisotopic (exact) mass is 328 g/mol. The van der Waals surface area contributed by atoms with Gasteiger partial charge in [0.15, 0.2) is 6.20 Å². The number of nitroso groups, excluding NO2 is 1. The van der Waals surface area contributed by atoms with E-state index < -0.39 is 23.8 Å². The van der Waals surface area contributed by atoms with Gasteiger partial charge < -0.3 is 4.74 Å². The molecule has 0 radical (unpaired) electrons. The summed E-state index contributed by atoms with van der Waals surface area (Å²) in [6.45, 7) is 1.55. The first-order valence-electron chi connectivity index (χ1n) is 6.63. The van der Waals surface area contributed by atoms with Crippen LogP contribution in [0.3, 0.4) is 0 Å². The molecule has 1 heterocycles. The van der Waals surface area contributed by atoms with E-state index in [4.69, 9.17) is 4.74 Å². The summed E-state index contributed by atoms with van der Waals surface area (Å²) in [7, 11) is 0. The van der Waals surface area contributed by atoms with Gasteiger partial charge in [-0.1, -0.05) is 18.2 Å². The second kappa shape index (κ2) is 6.59. The number of esters is 1. The van der Waals surface area contributed by atoms with Crippen LogP contribution in [0.15, 0.2) is 42.0 Å². The first kappa shape index (κ1) is 16.7. The van der Waals surface area contributed by atoms with E-state index in [9.17, 15) is 22.9 Å². The molecule has 0 spiro atoms. The molecule has 6 nitrogen and oxygen atoms in total. The van der Waals surface area contributed by atoms with E-state index in [0.29, 0.717) is 0 Å². The summed E-state index contributed by atoms with van der Waals surface area (Å²) in [6, 6.07) is 3.31. The van der Waals surface area contributed by atoms with Gasteiger partial charge in [0, 0.05) is 10.7 Å². The second-order valence-corrected chi connectivity index (χ2v) is 4.57. The number of nitrogens with one attached hydrogen (secondary N) is 1. The molecule has 0 fully saturated rings. The average molecular weight is 328 g/mol. The number of alkyl halides is 3. The van der Waals surface area contributed by atoms with Crippen LogP contribution in [-0.4, -0.2) is 17.6 Å². The Kier molecular flexibility index (Phi) is 4.77. The van der Waals surface area contributed by atoms with Gasteiger partial charge in [-0.25, -0.2) is 14.3 Å². The van der Waals surface area contributed by atoms with Gasteiger partial charge in [0.1, 0.15) is 0 Å². The fourth-order valence-electron chi connectivity index (χ4n) is 2.18. The third-order valence-corrected chi connectivity index (χ3v) is 3.10. The molecular formula is C14H13F3N3O3+. The summed E-state index contributed by atoms with van der Waals surface area (Å²) in [4.78, 5) is 25.2. The summed E-state index contributed by atoms with van der Waals surface area (Å²) in [5, 5.41) is 2.64. The molecule has 1 aromatic heterocycles. The third kappa shape index (κ3) is 3.55. The lowest BCUT2D eigenvalue weighted by Gasteiger charge is -2.18. The van der Waals surface area contributed by atoms with Gasteiger partial charge in [-0.2, -0.15) is 13.2 Å². The molecule has 0 aliphatic rings. The lowest BCUT2D eigenvalue weighted by Crippen LogP contribution is -2.44. The minimum atomic E-state index is -4.63. The smallest absolute Gasteiger partial charge is 0.416 e. The number of nitrogens with zero attached hydrogens (tertiary/aromatic N) is 2. The van der Waals surface area contributed by atoms with Crippen LogP contribution in [0, 0.1) is 4.91 Å². The van der Waals surface area contributed by atoms with Gasteiger partial charge in [0.2, 0.25) is 12.4 Å². The van der Waals surface area contributed by atoms with Crippen molar-refractivity contribution in [3.8, 4) is 0 Å². The summed E-state index contributed by atoms with van der Waals surface area (Å²) in [6.07, 6.45) is -2.31. The van der Waals surface area contributed by atoms with Gasteiger partial charge in [-0.05, 0) is 13.0 Å². The Balaban J connectivity index is 2.59. The highest BCUT2D eigenvalue weighted by Gasteiger charge is 2.40. The van der Waals surface area contributed by atoms with Crippen LogP contribution in [0.4, 0.5) is 19.0 Å². The largest absolute Gasteiger partial charge is 0.463 e. The van der Waals surface area contributed by atoms with E-state index in [2.05, 4.69) is 10.2 Å². The Morgan fingerprint density at radius 3 is 2.65 bits per heavy atom. The molecule has 0 saturated heterocycles. The van der Waals surface area contributed by atoms with Crippen LogP contribution >= 0.6 is 0 Å². The van der Waals surface area contributed by atoms with Crippen molar-refractivity contribution >= 4 is 11.8 Å². The zero-order valence-electron chi connectivity index (χ0n) is 12.0. The zero-order valence-corrected chi connectivity index (χ0v) is 12.0. The standard InChI is InChI=1S/C14H12F3N3O3/c1-2-23-13(21)12(20-7-11(19-22)18-8-20)9-5-3-4-6-10(9)14(15,16)17/h3-8,12H,2H2,1H3/p+1. The molecular weight excluding hydrogens is 315 g/mol. The molecule has 0 saturated carbocycles. The van der Waals surface area contributed by atoms with E-state index in [1.54, 1.807) is 6.92 Å². The predicted octanol–water partition coefficient (Wildman–Crippen LogP) is 2.87. The van der Waals surface area contributed by atoms with Crippen molar-refractivity contribution < 1.29 is 27.3 Å². The number of hydrogen-bond acceptors (Lipinski definition) is 4. The molecule has 0 aliphatic carbocycles. The summed E-state index contributed by atoms with van der Waals surface area (Å²) in [5.74, 6) is -0.991. The third-order valence-electron chi connectivity index (χ3n) is 3.10. The van der Waals surface area contributed by atoms with E-state index in [1.807, 2.05) is 0 Å². The fraction of sp³-hybridized carbons (Fsp3) is 0.286. The number of aromatic nitrogens is 2. The summed E-state index contributed by atoms with van der Waals surface area (Å²) >= 11 is 0. The molecule has 0 aliphatic heterocycles. The molecule has 1 atom stereocenters. The molecule has 9 heteroatoms. The Morgan fingerprint density at radius 2 is 2.09 bits per heavy atom. The minimum absolute atomic E-state index is 0.00723. The number of halogens is 3. The number of aromatic amines is 1. The summed E-state index contributed by atoms with van der Waals surface area (Å²) in [5.41, 5.74) is -1.23. The van der Waals surface area contributed by atoms with Crippen molar-refractivity contribution in [2.24, 2.45) is 5.18 Å². The van der Waals surface area contributed by atoms with Crippen LogP contribution in [0.5, 0.6) is 0 Å².